The van der Waals surface area contributed by atoms with Crippen molar-refractivity contribution >= 4 is 22.6 Å². The fraction of sp³-hybridized carbons (Fsp3) is 0.310. The van der Waals surface area contributed by atoms with Gasteiger partial charge in [0.15, 0.2) is 0 Å². The average Bonchev–Trinajstić information content (AvgIpc) is 3.41. The number of para-hydroxylation sites is 4. The van der Waals surface area contributed by atoms with Crippen molar-refractivity contribution in [3.8, 4) is 5.75 Å². The van der Waals surface area contributed by atoms with Crippen LogP contribution in [0.25, 0.3) is 11.0 Å². The Morgan fingerprint density at radius 2 is 1.65 bits per heavy atom. The minimum Gasteiger partial charge on any atom is -0.493 e. The molecule has 0 unspecified atom stereocenters. The number of rotatable bonds is 8. The number of aryl methyl sites for hydroxylation is 3. The first kappa shape index (κ1) is 22.2. The summed E-state index contributed by atoms with van der Waals surface area (Å²) >= 11 is 0. The predicted molar refractivity (Wildman–Crippen MR) is 137 cm³/mol. The van der Waals surface area contributed by atoms with Crippen LogP contribution in [0, 0.1) is 13.8 Å². The summed E-state index contributed by atoms with van der Waals surface area (Å²) in [5, 5.41) is 0. The number of carbonyl (C=O) groups excluding carboxylic acids is 1. The Kier molecular flexibility index (Phi) is 6.35. The van der Waals surface area contributed by atoms with E-state index in [-0.39, 0.29) is 11.8 Å². The summed E-state index contributed by atoms with van der Waals surface area (Å²) < 4.78 is 8.31. The van der Waals surface area contributed by atoms with Gasteiger partial charge in [-0.3, -0.25) is 4.79 Å². The molecule has 1 saturated heterocycles. The molecule has 1 aliphatic rings. The molecule has 5 heteroatoms. The van der Waals surface area contributed by atoms with Gasteiger partial charge in [-0.2, -0.15) is 0 Å². The van der Waals surface area contributed by atoms with Crippen molar-refractivity contribution in [1.82, 2.24) is 9.55 Å². The van der Waals surface area contributed by atoms with Crippen LogP contribution in [0.1, 0.15) is 42.1 Å². The number of carbonyl (C=O) groups is 1. The number of hydrogen-bond donors (Lipinski definition) is 0. The zero-order valence-electron chi connectivity index (χ0n) is 19.9. The van der Waals surface area contributed by atoms with E-state index in [9.17, 15) is 4.79 Å². The average molecular weight is 454 g/mol. The number of imidazole rings is 1. The fourth-order valence-corrected chi connectivity index (χ4v) is 4.89. The second-order valence-electron chi connectivity index (χ2n) is 9.12. The van der Waals surface area contributed by atoms with Gasteiger partial charge in [-0.15, -0.1) is 0 Å². The van der Waals surface area contributed by atoms with Crippen LogP contribution < -0.4 is 9.64 Å². The molecule has 1 aromatic heterocycles. The zero-order chi connectivity index (χ0) is 23.5. The third-order valence-electron chi connectivity index (χ3n) is 6.71. The van der Waals surface area contributed by atoms with Crippen molar-refractivity contribution in [2.24, 2.45) is 0 Å². The molecular weight excluding hydrogens is 422 g/mol. The summed E-state index contributed by atoms with van der Waals surface area (Å²) in [6.07, 6.45) is 2.44. The maximum absolute atomic E-state index is 13.0. The molecule has 1 fully saturated rings. The van der Waals surface area contributed by atoms with Gasteiger partial charge in [-0.25, -0.2) is 4.98 Å². The zero-order valence-corrected chi connectivity index (χ0v) is 19.9. The smallest absolute Gasteiger partial charge is 0.227 e. The first-order chi connectivity index (χ1) is 16.6. The first-order valence-electron chi connectivity index (χ1n) is 12.1. The van der Waals surface area contributed by atoms with Gasteiger partial charge in [0.05, 0.1) is 17.6 Å². The van der Waals surface area contributed by atoms with Gasteiger partial charge in [0.2, 0.25) is 5.91 Å². The van der Waals surface area contributed by atoms with E-state index in [1.807, 2.05) is 47.4 Å². The molecule has 0 spiro atoms. The van der Waals surface area contributed by atoms with Crippen LogP contribution in [0.4, 0.5) is 5.69 Å². The Balaban J connectivity index is 1.31. The summed E-state index contributed by atoms with van der Waals surface area (Å²) in [6, 6.07) is 24.5. The van der Waals surface area contributed by atoms with Crippen LogP contribution in [0.5, 0.6) is 5.75 Å². The quantitative estimate of drug-likeness (QED) is 0.306. The molecule has 0 radical (unpaired) electrons. The number of anilines is 1. The molecule has 0 bridgehead atoms. The van der Waals surface area contributed by atoms with Crippen LogP contribution in [-0.2, 0) is 11.3 Å². The van der Waals surface area contributed by atoms with Gasteiger partial charge in [-0.05, 0) is 62.1 Å². The van der Waals surface area contributed by atoms with Gasteiger partial charge in [-0.1, -0.05) is 48.5 Å². The van der Waals surface area contributed by atoms with E-state index in [4.69, 9.17) is 9.72 Å². The molecule has 0 saturated carbocycles. The van der Waals surface area contributed by atoms with Crippen LogP contribution in [0.3, 0.4) is 0 Å². The van der Waals surface area contributed by atoms with E-state index in [0.717, 1.165) is 58.8 Å². The largest absolute Gasteiger partial charge is 0.493 e. The summed E-state index contributed by atoms with van der Waals surface area (Å²) in [5.41, 5.74) is 5.42. The van der Waals surface area contributed by atoms with Crippen molar-refractivity contribution in [1.29, 1.82) is 0 Å². The normalized spacial score (nSPS) is 15.9. The molecule has 5 nitrogen and oxygen atoms in total. The standard InChI is InChI=1S/C29H31N3O2/c1-21-11-3-6-14-25(21)32-20-23(19-28(32)33)29-30-24-13-5-7-15-26(24)31(29)17-9-10-18-34-27-16-8-4-12-22(27)2/h3-8,11-16,23H,9-10,17-20H2,1-2H3/t23-/m0/s1. The number of aromatic nitrogens is 2. The first-order valence-corrected chi connectivity index (χ1v) is 12.1. The van der Waals surface area contributed by atoms with Crippen LogP contribution in [0.2, 0.25) is 0 Å². The maximum atomic E-state index is 13.0. The molecule has 4 aromatic rings. The molecule has 174 valence electrons. The Bertz CT molecular complexity index is 1310. The lowest BCUT2D eigenvalue weighted by molar-refractivity contribution is -0.117. The van der Waals surface area contributed by atoms with Gasteiger partial charge in [0.25, 0.3) is 0 Å². The highest BCUT2D eigenvalue weighted by Crippen LogP contribution is 2.34. The van der Waals surface area contributed by atoms with Gasteiger partial charge in [0.1, 0.15) is 11.6 Å². The third kappa shape index (κ3) is 4.43. The second kappa shape index (κ2) is 9.72. The minimum atomic E-state index is 0.0859. The molecule has 1 aliphatic heterocycles. The number of amides is 1. The van der Waals surface area contributed by atoms with Crippen LogP contribution >= 0.6 is 0 Å². The maximum Gasteiger partial charge on any atom is 0.227 e. The van der Waals surface area contributed by atoms with Crippen molar-refractivity contribution in [3.63, 3.8) is 0 Å². The summed E-state index contributed by atoms with van der Waals surface area (Å²) in [5.74, 6) is 2.23. The van der Waals surface area contributed by atoms with E-state index in [2.05, 4.69) is 48.7 Å². The van der Waals surface area contributed by atoms with E-state index >= 15 is 0 Å². The summed E-state index contributed by atoms with van der Waals surface area (Å²) in [6.45, 7) is 6.35. The second-order valence-corrected chi connectivity index (χ2v) is 9.12. The Hall–Kier alpha value is -3.60. The molecule has 1 atom stereocenters. The highest BCUT2D eigenvalue weighted by molar-refractivity contribution is 5.97. The number of ether oxygens (including phenoxy) is 1. The molecule has 34 heavy (non-hydrogen) atoms. The van der Waals surface area contributed by atoms with E-state index in [1.165, 1.54) is 0 Å². The highest BCUT2D eigenvalue weighted by Gasteiger charge is 2.35. The van der Waals surface area contributed by atoms with E-state index in [1.54, 1.807) is 0 Å². The molecule has 1 amide bonds. The van der Waals surface area contributed by atoms with Crippen molar-refractivity contribution in [2.75, 3.05) is 18.1 Å². The number of benzene rings is 3. The number of unbranched alkanes of at least 4 members (excludes halogenated alkanes) is 1. The van der Waals surface area contributed by atoms with Gasteiger partial charge < -0.3 is 14.2 Å². The van der Waals surface area contributed by atoms with Crippen molar-refractivity contribution < 1.29 is 9.53 Å². The van der Waals surface area contributed by atoms with Crippen molar-refractivity contribution in [3.05, 3.63) is 89.7 Å². The lowest BCUT2D eigenvalue weighted by Gasteiger charge is -2.19. The predicted octanol–water partition coefficient (Wildman–Crippen LogP) is 6.03. The monoisotopic (exact) mass is 453 g/mol. The molecular formula is C29H31N3O2. The lowest BCUT2D eigenvalue weighted by atomic mass is 10.1. The number of fused-ring (bicyclic) bond motifs is 1. The Morgan fingerprint density at radius 3 is 2.47 bits per heavy atom. The Morgan fingerprint density at radius 1 is 0.912 bits per heavy atom. The fourth-order valence-electron chi connectivity index (χ4n) is 4.89. The minimum absolute atomic E-state index is 0.0859. The summed E-state index contributed by atoms with van der Waals surface area (Å²) in [4.78, 5) is 19.9. The van der Waals surface area contributed by atoms with E-state index in [0.29, 0.717) is 19.6 Å². The molecule has 3 aromatic carbocycles. The third-order valence-corrected chi connectivity index (χ3v) is 6.71. The SMILES string of the molecule is Cc1ccccc1OCCCCn1c([C@H]2CC(=O)N(c3ccccc3C)C2)nc2ccccc21. The van der Waals surface area contributed by atoms with Crippen LogP contribution in [-0.4, -0.2) is 28.6 Å². The molecule has 0 aliphatic carbocycles. The van der Waals surface area contributed by atoms with E-state index < -0.39 is 0 Å². The summed E-state index contributed by atoms with van der Waals surface area (Å²) in [7, 11) is 0. The molecule has 2 heterocycles. The van der Waals surface area contributed by atoms with Gasteiger partial charge in [0, 0.05) is 31.1 Å². The number of hydrogen-bond acceptors (Lipinski definition) is 3. The van der Waals surface area contributed by atoms with Crippen LogP contribution in [0.15, 0.2) is 72.8 Å². The molecule has 5 rings (SSSR count). The highest BCUT2D eigenvalue weighted by atomic mass is 16.5. The molecule has 0 N–H and O–H groups in total. The lowest BCUT2D eigenvalue weighted by Crippen LogP contribution is -2.25. The number of nitrogens with zero attached hydrogens (tertiary/aromatic N) is 3. The topological polar surface area (TPSA) is 47.4 Å². The van der Waals surface area contributed by atoms with Crippen molar-refractivity contribution in [2.45, 2.75) is 45.6 Å². The Labute approximate surface area is 201 Å². The van der Waals surface area contributed by atoms with Gasteiger partial charge >= 0.3 is 0 Å².